The molecule has 132 valence electrons. The maximum atomic E-state index is 14.7. The van der Waals surface area contributed by atoms with Gasteiger partial charge in [0.2, 0.25) is 0 Å². The van der Waals surface area contributed by atoms with E-state index in [1.165, 1.54) is 4.57 Å². The average Bonchev–Trinajstić information content (AvgIpc) is 3.31. The number of hydrogen-bond donors (Lipinski definition) is 2. The highest BCUT2D eigenvalue weighted by molar-refractivity contribution is 6.38. The van der Waals surface area contributed by atoms with Crippen molar-refractivity contribution in [2.75, 3.05) is 23.8 Å². The van der Waals surface area contributed by atoms with Crippen molar-refractivity contribution in [3.8, 4) is 0 Å². The van der Waals surface area contributed by atoms with Gasteiger partial charge in [-0.2, -0.15) is 4.68 Å². The molecule has 1 saturated carbocycles. The van der Waals surface area contributed by atoms with Crippen LogP contribution >= 0.6 is 11.6 Å². The highest BCUT2D eigenvalue weighted by atomic mass is 35.5. The zero-order valence-electron chi connectivity index (χ0n) is 13.1. The molecule has 8 nitrogen and oxygen atoms in total. The van der Waals surface area contributed by atoms with E-state index >= 15 is 0 Å². The van der Waals surface area contributed by atoms with Crippen molar-refractivity contribution in [3.05, 3.63) is 37.7 Å². The Labute approximate surface area is 145 Å². The van der Waals surface area contributed by atoms with E-state index in [-0.39, 0.29) is 34.2 Å². The first kappa shape index (κ1) is 15.9. The van der Waals surface area contributed by atoms with Crippen LogP contribution in [-0.4, -0.2) is 33.3 Å². The molecule has 4 rings (SSSR count). The van der Waals surface area contributed by atoms with E-state index in [0.717, 1.165) is 18.9 Å². The van der Waals surface area contributed by atoms with Crippen LogP contribution in [0.1, 0.15) is 25.3 Å². The summed E-state index contributed by atoms with van der Waals surface area (Å²) < 4.78 is 16.6. The maximum absolute atomic E-state index is 14.7. The molecule has 0 atom stereocenters. The van der Waals surface area contributed by atoms with Gasteiger partial charge in [0.25, 0.3) is 5.56 Å². The van der Waals surface area contributed by atoms with E-state index in [1.54, 1.807) is 4.90 Å². The molecule has 1 aromatic carbocycles. The first-order chi connectivity index (χ1) is 11.9. The minimum Gasteiger partial charge on any atom is -0.411 e. The summed E-state index contributed by atoms with van der Waals surface area (Å²) in [5.74, 6) is 4.88. The van der Waals surface area contributed by atoms with Crippen LogP contribution in [0.2, 0.25) is 5.02 Å². The van der Waals surface area contributed by atoms with Crippen LogP contribution in [-0.2, 0) is 0 Å². The number of nitrogen functional groups attached to an aromatic ring is 1. The van der Waals surface area contributed by atoms with Crippen molar-refractivity contribution in [1.29, 1.82) is 0 Å². The van der Waals surface area contributed by atoms with Crippen molar-refractivity contribution in [2.24, 2.45) is 5.16 Å². The zero-order chi connectivity index (χ0) is 17.9. The number of hydrogen-bond acceptors (Lipinski definition) is 6. The monoisotopic (exact) mass is 367 g/mol. The van der Waals surface area contributed by atoms with Crippen molar-refractivity contribution in [1.82, 2.24) is 9.24 Å². The lowest BCUT2D eigenvalue weighted by atomic mass is 10.2. The second-order valence-electron chi connectivity index (χ2n) is 6.31. The molecule has 0 unspecified atom stereocenters. The molecular formula is C15H15ClFN5O3. The first-order valence-electron chi connectivity index (χ1n) is 7.83. The number of nitrogens with zero attached hydrogens (tertiary/aromatic N) is 4. The molecule has 0 spiro atoms. The Morgan fingerprint density at radius 1 is 1.36 bits per heavy atom. The highest BCUT2D eigenvalue weighted by Gasteiger charge is 2.32. The molecule has 1 aliphatic carbocycles. The molecule has 0 bridgehead atoms. The molecule has 2 heterocycles. The molecule has 2 aromatic rings. The molecule has 10 heteroatoms. The molecule has 1 aliphatic heterocycles. The third-order valence-electron chi connectivity index (χ3n) is 4.68. The standard InChI is InChI=1S/C15H15ClFN5O3/c16-11-12-9(14(23)22(18)15(24)21(12)8-1-2-8)5-10(17)13(11)20-4-3-7(6-20)19-25/h5,8,25H,1-4,6,18H2. The van der Waals surface area contributed by atoms with E-state index in [2.05, 4.69) is 5.16 Å². The normalized spacial score (nSPS) is 19.3. The van der Waals surface area contributed by atoms with Gasteiger partial charge in [0.15, 0.2) is 0 Å². The summed E-state index contributed by atoms with van der Waals surface area (Å²) in [7, 11) is 0. The van der Waals surface area contributed by atoms with E-state index in [0.29, 0.717) is 23.4 Å². The van der Waals surface area contributed by atoms with Crippen molar-refractivity contribution >= 4 is 33.9 Å². The van der Waals surface area contributed by atoms with Gasteiger partial charge in [0.05, 0.1) is 33.9 Å². The maximum Gasteiger partial charge on any atom is 0.350 e. The summed E-state index contributed by atoms with van der Waals surface area (Å²) in [6.07, 6.45) is 2.01. The van der Waals surface area contributed by atoms with Crippen molar-refractivity contribution in [2.45, 2.75) is 25.3 Å². The first-order valence-corrected chi connectivity index (χ1v) is 8.21. The van der Waals surface area contributed by atoms with Crippen LogP contribution in [0.4, 0.5) is 10.1 Å². The topological polar surface area (TPSA) is 106 Å². The van der Waals surface area contributed by atoms with Gasteiger partial charge in [-0.05, 0) is 18.9 Å². The third-order valence-corrected chi connectivity index (χ3v) is 5.04. The Bertz CT molecular complexity index is 1040. The van der Waals surface area contributed by atoms with Gasteiger partial charge in [-0.3, -0.25) is 9.36 Å². The fourth-order valence-electron chi connectivity index (χ4n) is 3.30. The number of anilines is 1. The molecule has 1 saturated heterocycles. The fourth-order valence-corrected chi connectivity index (χ4v) is 3.70. The number of oxime groups is 1. The Balaban J connectivity index is 2.05. The Hall–Kier alpha value is -2.55. The second kappa shape index (κ2) is 5.48. The summed E-state index contributed by atoms with van der Waals surface area (Å²) in [5.41, 5.74) is -0.656. The average molecular weight is 368 g/mol. The Morgan fingerprint density at radius 2 is 2.08 bits per heavy atom. The number of rotatable bonds is 2. The quantitative estimate of drug-likeness (QED) is 0.469. The van der Waals surface area contributed by atoms with Gasteiger partial charge in [-0.15, -0.1) is 0 Å². The predicted octanol–water partition coefficient (Wildman–Crippen LogP) is 1.04. The van der Waals surface area contributed by atoms with Gasteiger partial charge in [-0.1, -0.05) is 16.8 Å². The smallest absolute Gasteiger partial charge is 0.350 e. The van der Waals surface area contributed by atoms with Crippen LogP contribution < -0.4 is 22.0 Å². The van der Waals surface area contributed by atoms with E-state index in [4.69, 9.17) is 22.7 Å². The molecule has 0 amide bonds. The predicted molar refractivity (Wildman–Crippen MR) is 91.9 cm³/mol. The highest BCUT2D eigenvalue weighted by Crippen LogP contribution is 2.41. The molecular weight excluding hydrogens is 353 g/mol. The van der Waals surface area contributed by atoms with E-state index < -0.39 is 17.1 Å². The zero-order valence-corrected chi connectivity index (χ0v) is 13.8. The van der Waals surface area contributed by atoms with Crippen molar-refractivity contribution in [3.63, 3.8) is 0 Å². The number of fused-ring (bicyclic) bond motifs is 1. The molecule has 2 aliphatic rings. The van der Waals surface area contributed by atoms with Crippen LogP contribution in [0.5, 0.6) is 0 Å². The van der Waals surface area contributed by atoms with E-state index in [1.807, 2.05) is 0 Å². The lowest BCUT2D eigenvalue weighted by Gasteiger charge is -2.22. The molecule has 3 N–H and O–H groups in total. The Morgan fingerprint density at radius 3 is 2.68 bits per heavy atom. The minimum absolute atomic E-state index is 0.00381. The minimum atomic E-state index is -0.789. The number of halogens is 2. The van der Waals surface area contributed by atoms with Crippen LogP contribution in [0.15, 0.2) is 20.8 Å². The SMILES string of the molecule is Nn1c(=O)c2cc(F)c(N3CCC(=NO)C3)c(Cl)c2n(C2CC2)c1=O. The lowest BCUT2D eigenvalue weighted by molar-refractivity contribution is 0.318. The van der Waals surface area contributed by atoms with Crippen LogP contribution in [0, 0.1) is 5.82 Å². The van der Waals surface area contributed by atoms with Crippen LogP contribution in [0.25, 0.3) is 10.9 Å². The molecule has 1 aromatic heterocycles. The van der Waals surface area contributed by atoms with Gasteiger partial charge in [0.1, 0.15) is 5.82 Å². The molecule has 0 radical (unpaired) electrons. The molecule has 2 fully saturated rings. The second-order valence-corrected chi connectivity index (χ2v) is 6.69. The van der Waals surface area contributed by atoms with Crippen LogP contribution in [0.3, 0.4) is 0 Å². The third kappa shape index (κ3) is 2.30. The molecule has 25 heavy (non-hydrogen) atoms. The Kier molecular flexibility index (Phi) is 3.50. The summed E-state index contributed by atoms with van der Waals surface area (Å²) in [6.45, 7) is 0.642. The van der Waals surface area contributed by atoms with Gasteiger partial charge >= 0.3 is 5.69 Å². The van der Waals surface area contributed by atoms with Crippen molar-refractivity contribution < 1.29 is 9.60 Å². The summed E-state index contributed by atoms with van der Waals surface area (Å²) in [6, 6.07) is 0.962. The van der Waals surface area contributed by atoms with E-state index in [9.17, 15) is 14.0 Å². The number of benzene rings is 1. The number of nitrogens with two attached hydrogens (primary N) is 1. The number of aromatic nitrogens is 2. The summed E-state index contributed by atoms with van der Waals surface area (Å²) in [4.78, 5) is 26.4. The summed E-state index contributed by atoms with van der Waals surface area (Å²) >= 11 is 6.46. The van der Waals surface area contributed by atoms with Gasteiger partial charge in [0, 0.05) is 19.0 Å². The van der Waals surface area contributed by atoms with Gasteiger partial charge < -0.3 is 15.9 Å². The fraction of sp³-hybridized carbons (Fsp3) is 0.400. The lowest BCUT2D eigenvalue weighted by Crippen LogP contribution is -2.44. The van der Waals surface area contributed by atoms with Gasteiger partial charge in [-0.25, -0.2) is 9.18 Å². The largest absolute Gasteiger partial charge is 0.411 e. The summed E-state index contributed by atoms with van der Waals surface area (Å²) in [5, 5.41) is 12.0.